The first-order valence-corrected chi connectivity index (χ1v) is 7.68. The molecule has 2 aromatic carbocycles. The van der Waals surface area contributed by atoms with Gasteiger partial charge in [0, 0.05) is 22.7 Å². The Balaban J connectivity index is 1.82. The number of hydrogen-bond acceptors (Lipinski definition) is 3. The van der Waals surface area contributed by atoms with Gasteiger partial charge < -0.3 is 0 Å². The molecule has 0 spiro atoms. The van der Waals surface area contributed by atoms with Crippen molar-refractivity contribution in [3.8, 4) is 6.07 Å². The lowest BCUT2D eigenvalue weighted by Crippen LogP contribution is -2.34. The summed E-state index contributed by atoms with van der Waals surface area (Å²) < 4.78 is 0. The summed E-state index contributed by atoms with van der Waals surface area (Å²) in [7, 11) is 0. The number of para-hydroxylation sites is 1. The molecular weight excluding hydrogens is 300 g/mol. The van der Waals surface area contributed by atoms with Gasteiger partial charge in [0.05, 0.1) is 24.5 Å². The number of carbonyl (C=O) groups is 1. The Labute approximate surface area is 139 Å². The maximum atomic E-state index is 13.0. The summed E-state index contributed by atoms with van der Waals surface area (Å²) in [5.74, 6) is 0. The number of carbonyl (C=O) groups excluding carboxylic acids is 1. The van der Waals surface area contributed by atoms with E-state index in [0.29, 0.717) is 12.2 Å². The number of urea groups is 1. The van der Waals surface area contributed by atoms with Gasteiger partial charge in [0.25, 0.3) is 0 Å². The first-order chi connectivity index (χ1) is 11.8. The van der Waals surface area contributed by atoms with Crippen LogP contribution in [0.25, 0.3) is 10.8 Å². The molecule has 1 fully saturated rings. The van der Waals surface area contributed by atoms with Crippen molar-refractivity contribution in [2.24, 2.45) is 0 Å². The van der Waals surface area contributed by atoms with Gasteiger partial charge in [-0.15, -0.1) is 0 Å². The molecule has 4 rings (SSSR count). The third-order valence-electron chi connectivity index (χ3n) is 4.23. The van der Waals surface area contributed by atoms with Crippen LogP contribution in [0.2, 0.25) is 0 Å². The van der Waals surface area contributed by atoms with Crippen molar-refractivity contribution in [1.29, 1.82) is 5.26 Å². The van der Waals surface area contributed by atoms with Gasteiger partial charge in [0.1, 0.15) is 6.04 Å². The number of fused-ring (bicyclic) bond motifs is 1. The summed E-state index contributed by atoms with van der Waals surface area (Å²) >= 11 is 0. The maximum absolute atomic E-state index is 13.0. The normalized spacial score (nSPS) is 17.3. The van der Waals surface area contributed by atoms with Gasteiger partial charge in [-0.25, -0.2) is 4.79 Å². The fourth-order valence-electron chi connectivity index (χ4n) is 3.08. The van der Waals surface area contributed by atoms with Crippen molar-refractivity contribution in [3.05, 3.63) is 67.0 Å². The van der Waals surface area contributed by atoms with Crippen LogP contribution < -0.4 is 9.80 Å². The van der Waals surface area contributed by atoms with Crippen molar-refractivity contribution in [3.63, 3.8) is 0 Å². The summed E-state index contributed by atoms with van der Waals surface area (Å²) in [5.41, 5.74) is 1.46. The van der Waals surface area contributed by atoms with E-state index >= 15 is 0 Å². The highest BCUT2D eigenvalue weighted by molar-refractivity contribution is 6.11. The summed E-state index contributed by atoms with van der Waals surface area (Å²) in [6.45, 7) is 0.336. The van der Waals surface area contributed by atoms with Crippen molar-refractivity contribution in [2.75, 3.05) is 16.3 Å². The van der Waals surface area contributed by atoms with Crippen molar-refractivity contribution < 1.29 is 4.79 Å². The number of anilines is 2. The van der Waals surface area contributed by atoms with E-state index < -0.39 is 6.04 Å². The van der Waals surface area contributed by atoms with Crippen LogP contribution in [0, 0.1) is 11.3 Å². The van der Waals surface area contributed by atoms with Crippen molar-refractivity contribution in [1.82, 2.24) is 4.98 Å². The number of nitrogens with zero attached hydrogens (tertiary/aromatic N) is 4. The summed E-state index contributed by atoms with van der Waals surface area (Å²) in [6, 6.07) is 18.6. The fraction of sp³-hybridized carbons (Fsp3) is 0.105. The first-order valence-electron chi connectivity index (χ1n) is 7.68. The van der Waals surface area contributed by atoms with E-state index in [-0.39, 0.29) is 6.03 Å². The average molecular weight is 314 g/mol. The molecule has 116 valence electrons. The van der Waals surface area contributed by atoms with E-state index in [2.05, 4.69) is 11.1 Å². The van der Waals surface area contributed by atoms with Crippen LogP contribution in [-0.2, 0) is 0 Å². The zero-order valence-electron chi connectivity index (χ0n) is 12.8. The molecular formula is C19H14N4O. The predicted molar refractivity (Wildman–Crippen MR) is 92.8 cm³/mol. The molecule has 1 aliphatic heterocycles. The molecule has 5 nitrogen and oxygen atoms in total. The quantitative estimate of drug-likeness (QED) is 0.726. The highest BCUT2D eigenvalue weighted by atomic mass is 16.2. The Kier molecular flexibility index (Phi) is 3.36. The van der Waals surface area contributed by atoms with E-state index in [4.69, 9.17) is 0 Å². The number of benzene rings is 2. The van der Waals surface area contributed by atoms with E-state index in [1.807, 2.05) is 54.6 Å². The maximum Gasteiger partial charge on any atom is 0.330 e. The lowest BCUT2D eigenvalue weighted by atomic mass is 10.1. The predicted octanol–water partition coefficient (Wildman–Crippen LogP) is 3.57. The number of pyridine rings is 1. The minimum Gasteiger partial charge on any atom is -0.291 e. The second-order valence-electron chi connectivity index (χ2n) is 5.62. The van der Waals surface area contributed by atoms with Crippen LogP contribution in [0.1, 0.15) is 0 Å². The molecule has 2 heterocycles. The molecule has 1 atom stereocenters. The molecule has 0 radical (unpaired) electrons. The van der Waals surface area contributed by atoms with Crippen molar-refractivity contribution >= 4 is 28.2 Å². The van der Waals surface area contributed by atoms with Gasteiger partial charge in [0.15, 0.2) is 0 Å². The Morgan fingerprint density at radius 3 is 2.58 bits per heavy atom. The molecule has 0 saturated carbocycles. The second-order valence-corrected chi connectivity index (χ2v) is 5.62. The SMILES string of the molecule is N#C[C@H]1CN(c2ccccc2)C(=O)N1c1cncc2ccccc12. The number of aromatic nitrogens is 1. The highest BCUT2D eigenvalue weighted by Gasteiger charge is 2.39. The fourth-order valence-corrected chi connectivity index (χ4v) is 3.08. The molecule has 1 saturated heterocycles. The molecule has 1 aliphatic rings. The average Bonchev–Trinajstić information content (AvgIpc) is 2.98. The molecule has 0 unspecified atom stereocenters. The van der Waals surface area contributed by atoms with Crippen LogP contribution in [0.5, 0.6) is 0 Å². The topological polar surface area (TPSA) is 60.2 Å². The summed E-state index contributed by atoms with van der Waals surface area (Å²) in [6.07, 6.45) is 3.41. The van der Waals surface area contributed by atoms with Gasteiger partial charge in [-0.3, -0.25) is 14.8 Å². The van der Waals surface area contributed by atoms with E-state index in [1.165, 1.54) is 0 Å². The monoisotopic (exact) mass is 314 g/mol. The van der Waals surface area contributed by atoms with Crippen molar-refractivity contribution in [2.45, 2.75) is 6.04 Å². The molecule has 0 N–H and O–H groups in total. The highest BCUT2D eigenvalue weighted by Crippen LogP contribution is 2.32. The van der Waals surface area contributed by atoms with Crippen LogP contribution in [0.15, 0.2) is 67.0 Å². The van der Waals surface area contributed by atoms with Crippen LogP contribution in [-0.4, -0.2) is 23.6 Å². The van der Waals surface area contributed by atoms with E-state index in [0.717, 1.165) is 16.5 Å². The van der Waals surface area contributed by atoms with Gasteiger partial charge in [-0.2, -0.15) is 5.26 Å². The minimum atomic E-state index is -0.551. The third-order valence-corrected chi connectivity index (χ3v) is 4.23. The number of hydrogen-bond donors (Lipinski definition) is 0. The minimum absolute atomic E-state index is 0.203. The van der Waals surface area contributed by atoms with Gasteiger partial charge in [-0.05, 0) is 12.1 Å². The van der Waals surface area contributed by atoms with Gasteiger partial charge in [-0.1, -0.05) is 42.5 Å². The van der Waals surface area contributed by atoms with E-state index in [9.17, 15) is 10.1 Å². The Bertz CT molecular complexity index is 943. The molecule has 5 heteroatoms. The van der Waals surface area contributed by atoms with Crippen LogP contribution >= 0.6 is 0 Å². The molecule has 0 bridgehead atoms. The Morgan fingerprint density at radius 1 is 1.04 bits per heavy atom. The van der Waals surface area contributed by atoms with Crippen LogP contribution in [0.4, 0.5) is 16.2 Å². The number of rotatable bonds is 2. The smallest absolute Gasteiger partial charge is 0.291 e. The largest absolute Gasteiger partial charge is 0.330 e. The summed E-state index contributed by atoms with van der Waals surface area (Å²) in [4.78, 5) is 20.4. The third kappa shape index (κ3) is 2.17. The molecule has 0 aliphatic carbocycles. The Morgan fingerprint density at radius 2 is 1.79 bits per heavy atom. The van der Waals surface area contributed by atoms with Crippen LogP contribution in [0.3, 0.4) is 0 Å². The van der Waals surface area contributed by atoms with Gasteiger partial charge >= 0.3 is 6.03 Å². The molecule has 2 amide bonds. The molecule has 1 aromatic heterocycles. The standard InChI is InChI=1S/C19H14N4O/c20-10-16-13-22(15-7-2-1-3-8-15)19(24)23(16)18-12-21-11-14-6-4-5-9-17(14)18/h1-9,11-12,16H,13H2/t16-/m0/s1. The number of amides is 2. The number of nitriles is 1. The zero-order valence-corrected chi connectivity index (χ0v) is 12.8. The second kappa shape index (κ2) is 5.67. The molecule has 24 heavy (non-hydrogen) atoms. The Hall–Kier alpha value is -3.39. The van der Waals surface area contributed by atoms with E-state index in [1.54, 1.807) is 22.2 Å². The summed E-state index contributed by atoms with van der Waals surface area (Å²) in [5, 5.41) is 11.4. The van der Waals surface area contributed by atoms with Gasteiger partial charge in [0.2, 0.25) is 0 Å². The lowest BCUT2D eigenvalue weighted by Gasteiger charge is -2.21. The first kappa shape index (κ1) is 14.2. The lowest BCUT2D eigenvalue weighted by molar-refractivity contribution is 0.255. The molecule has 3 aromatic rings. The zero-order chi connectivity index (χ0) is 16.5.